The molecular weight excluding hydrogens is 405 g/mol. The summed E-state index contributed by atoms with van der Waals surface area (Å²) in [5, 5.41) is 6.23. The van der Waals surface area contributed by atoms with Gasteiger partial charge in [0.25, 0.3) is 5.91 Å². The van der Waals surface area contributed by atoms with Gasteiger partial charge in [0.1, 0.15) is 17.2 Å². The third-order valence-electron chi connectivity index (χ3n) is 4.51. The molecule has 0 bridgehead atoms. The second-order valence-electron chi connectivity index (χ2n) is 7.02. The Morgan fingerprint density at radius 2 is 1.77 bits per heavy atom. The van der Waals surface area contributed by atoms with Crippen molar-refractivity contribution in [1.29, 1.82) is 0 Å². The number of nitrogens with zero attached hydrogens (tertiary/aromatic N) is 2. The summed E-state index contributed by atoms with van der Waals surface area (Å²) in [4.78, 5) is 12.1. The molecular formula is C21H18F5N3O. The van der Waals surface area contributed by atoms with Gasteiger partial charge in [-0.25, -0.2) is 8.78 Å². The number of hydrogen-bond donors (Lipinski definition) is 1. The van der Waals surface area contributed by atoms with Crippen LogP contribution in [0.4, 0.5) is 27.8 Å². The Morgan fingerprint density at radius 1 is 1.10 bits per heavy atom. The van der Waals surface area contributed by atoms with Gasteiger partial charge in [0.15, 0.2) is 5.82 Å². The summed E-state index contributed by atoms with van der Waals surface area (Å²) < 4.78 is 69.1. The van der Waals surface area contributed by atoms with Crippen molar-refractivity contribution < 1.29 is 26.7 Å². The lowest BCUT2D eigenvalue weighted by Gasteiger charge is -2.16. The molecule has 0 aliphatic carbocycles. The third kappa shape index (κ3) is 4.67. The maximum Gasteiger partial charge on any atom is 0.416 e. The Morgan fingerprint density at radius 3 is 2.37 bits per heavy atom. The molecule has 0 aliphatic heterocycles. The zero-order valence-corrected chi connectivity index (χ0v) is 16.1. The van der Waals surface area contributed by atoms with Gasteiger partial charge in [0.2, 0.25) is 0 Å². The summed E-state index contributed by atoms with van der Waals surface area (Å²) in [7, 11) is 0. The molecule has 1 heterocycles. The first-order valence-electron chi connectivity index (χ1n) is 9.05. The molecule has 0 aliphatic rings. The molecule has 1 amide bonds. The predicted molar refractivity (Wildman–Crippen MR) is 101 cm³/mol. The summed E-state index contributed by atoms with van der Waals surface area (Å²) in [6, 6.07) is 8.47. The zero-order valence-electron chi connectivity index (χ0n) is 16.1. The highest BCUT2D eigenvalue weighted by atomic mass is 19.4. The first-order valence-corrected chi connectivity index (χ1v) is 9.05. The van der Waals surface area contributed by atoms with Gasteiger partial charge in [-0.1, -0.05) is 32.0 Å². The Hall–Kier alpha value is -3.23. The van der Waals surface area contributed by atoms with E-state index in [1.54, 1.807) is 19.9 Å². The molecule has 0 spiro atoms. The first kappa shape index (κ1) is 21.5. The minimum atomic E-state index is -4.53. The van der Waals surface area contributed by atoms with E-state index in [2.05, 4.69) is 10.4 Å². The van der Waals surface area contributed by atoms with Crippen LogP contribution in [0, 0.1) is 11.6 Å². The first-order chi connectivity index (χ1) is 14.1. The van der Waals surface area contributed by atoms with Crippen LogP contribution in [0.1, 0.15) is 46.8 Å². The molecule has 3 rings (SSSR count). The van der Waals surface area contributed by atoms with E-state index in [4.69, 9.17) is 0 Å². The number of hydrogen-bond acceptors (Lipinski definition) is 2. The Kier molecular flexibility index (Phi) is 5.91. The van der Waals surface area contributed by atoms with Gasteiger partial charge >= 0.3 is 6.18 Å². The molecule has 9 heteroatoms. The molecule has 1 N–H and O–H groups in total. The summed E-state index contributed by atoms with van der Waals surface area (Å²) in [5.74, 6) is -3.23. The summed E-state index contributed by atoms with van der Waals surface area (Å²) in [6.07, 6.45) is -3.17. The van der Waals surface area contributed by atoms with Crippen LogP contribution < -0.4 is 5.32 Å². The average molecular weight is 423 g/mol. The highest BCUT2D eigenvalue weighted by molar-refractivity contribution is 6.04. The van der Waals surface area contributed by atoms with E-state index in [0.717, 1.165) is 24.3 Å². The fraction of sp³-hybridized carbons (Fsp3) is 0.238. The molecule has 0 radical (unpaired) electrons. The van der Waals surface area contributed by atoms with Crippen LogP contribution in [0.15, 0.2) is 48.7 Å². The number of anilines is 1. The summed E-state index contributed by atoms with van der Waals surface area (Å²) >= 11 is 0. The number of rotatable bonds is 5. The van der Waals surface area contributed by atoms with E-state index in [9.17, 15) is 26.7 Å². The Bertz CT molecular complexity index is 1050. The second-order valence-corrected chi connectivity index (χ2v) is 7.02. The quantitative estimate of drug-likeness (QED) is 0.543. The number of benzene rings is 2. The van der Waals surface area contributed by atoms with Gasteiger partial charge in [-0.2, -0.15) is 18.3 Å². The molecule has 1 aromatic heterocycles. The van der Waals surface area contributed by atoms with Gasteiger partial charge in [0, 0.05) is 12.3 Å². The van der Waals surface area contributed by atoms with Crippen molar-refractivity contribution in [3.63, 3.8) is 0 Å². The van der Waals surface area contributed by atoms with E-state index in [-0.39, 0.29) is 23.8 Å². The molecule has 0 unspecified atom stereocenters. The van der Waals surface area contributed by atoms with Crippen LogP contribution in [0.25, 0.3) is 0 Å². The molecule has 0 saturated carbocycles. The predicted octanol–water partition coefficient (Wildman–Crippen LogP) is 5.60. The fourth-order valence-corrected chi connectivity index (χ4v) is 2.94. The maximum atomic E-state index is 13.7. The molecule has 2 aromatic carbocycles. The van der Waals surface area contributed by atoms with Gasteiger partial charge in [-0.3, -0.25) is 9.48 Å². The molecule has 0 fully saturated rings. The normalized spacial score (nSPS) is 11.7. The molecule has 3 aromatic rings. The van der Waals surface area contributed by atoms with Crippen LogP contribution in [-0.2, 0) is 12.7 Å². The van der Waals surface area contributed by atoms with Gasteiger partial charge in [0.05, 0.1) is 12.1 Å². The Balaban J connectivity index is 1.82. The van der Waals surface area contributed by atoms with Gasteiger partial charge < -0.3 is 5.32 Å². The SMILES string of the molecule is CC(C)c1ccc(Cn2ccc(NC(=O)c3c(F)cccc3F)n2)c(C(F)(F)F)c1. The van der Waals surface area contributed by atoms with Gasteiger partial charge in [-0.05, 0) is 35.2 Å². The van der Waals surface area contributed by atoms with Crippen LogP contribution in [-0.4, -0.2) is 15.7 Å². The lowest BCUT2D eigenvalue weighted by molar-refractivity contribution is -0.138. The molecule has 0 saturated heterocycles. The largest absolute Gasteiger partial charge is 0.416 e. The standard InChI is InChI=1S/C21H18F5N3O/c1-12(2)13-6-7-14(15(10-13)21(24,25)26)11-29-9-8-18(28-29)27-20(30)19-16(22)4-3-5-17(19)23/h3-10,12H,11H2,1-2H3,(H,27,28,30). The number of carbonyl (C=O) groups excluding carboxylic acids is 1. The van der Waals surface area contributed by atoms with E-state index >= 15 is 0 Å². The van der Waals surface area contributed by atoms with Gasteiger partial charge in [-0.15, -0.1) is 0 Å². The lowest BCUT2D eigenvalue weighted by Crippen LogP contribution is -2.17. The van der Waals surface area contributed by atoms with Crippen molar-refractivity contribution in [1.82, 2.24) is 9.78 Å². The van der Waals surface area contributed by atoms with Crippen LogP contribution >= 0.6 is 0 Å². The van der Waals surface area contributed by atoms with E-state index in [1.165, 1.54) is 23.0 Å². The number of alkyl halides is 3. The van der Waals surface area contributed by atoms with Crippen molar-refractivity contribution in [3.05, 3.63) is 82.5 Å². The van der Waals surface area contributed by atoms with Crippen molar-refractivity contribution in [3.8, 4) is 0 Å². The van der Waals surface area contributed by atoms with E-state index < -0.39 is 34.8 Å². The zero-order chi connectivity index (χ0) is 22.1. The minimum absolute atomic E-state index is 0.00743. The highest BCUT2D eigenvalue weighted by Crippen LogP contribution is 2.34. The lowest BCUT2D eigenvalue weighted by atomic mass is 9.97. The fourth-order valence-electron chi connectivity index (χ4n) is 2.94. The van der Waals surface area contributed by atoms with Crippen LogP contribution in [0.3, 0.4) is 0 Å². The Labute approximate surface area is 169 Å². The van der Waals surface area contributed by atoms with Crippen LogP contribution in [0.5, 0.6) is 0 Å². The second kappa shape index (κ2) is 8.25. The monoisotopic (exact) mass is 423 g/mol. The number of carbonyl (C=O) groups is 1. The van der Waals surface area contributed by atoms with Crippen molar-refractivity contribution >= 4 is 11.7 Å². The minimum Gasteiger partial charge on any atom is -0.305 e. The topological polar surface area (TPSA) is 46.9 Å². The smallest absolute Gasteiger partial charge is 0.305 e. The number of aromatic nitrogens is 2. The number of amides is 1. The van der Waals surface area contributed by atoms with Crippen molar-refractivity contribution in [2.75, 3.05) is 5.32 Å². The van der Waals surface area contributed by atoms with Crippen molar-refractivity contribution in [2.45, 2.75) is 32.5 Å². The summed E-state index contributed by atoms with van der Waals surface area (Å²) in [6.45, 7) is 3.41. The molecule has 4 nitrogen and oxygen atoms in total. The maximum absolute atomic E-state index is 13.7. The van der Waals surface area contributed by atoms with Crippen LogP contribution in [0.2, 0.25) is 0 Å². The highest BCUT2D eigenvalue weighted by Gasteiger charge is 2.33. The number of nitrogens with one attached hydrogen (secondary N) is 1. The van der Waals surface area contributed by atoms with E-state index in [1.807, 2.05) is 0 Å². The molecule has 30 heavy (non-hydrogen) atoms. The van der Waals surface area contributed by atoms with Crippen molar-refractivity contribution in [2.24, 2.45) is 0 Å². The summed E-state index contributed by atoms with van der Waals surface area (Å²) in [5.41, 5.74) is -0.960. The number of halogens is 5. The third-order valence-corrected chi connectivity index (χ3v) is 4.51. The molecule has 0 atom stereocenters. The molecule has 158 valence electrons. The average Bonchev–Trinajstić information content (AvgIpc) is 3.07. The van der Waals surface area contributed by atoms with E-state index in [0.29, 0.717) is 5.56 Å².